The molecular formula is C23H25ClFN3O2. The first-order valence-corrected chi connectivity index (χ1v) is 10.5. The van der Waals surface area contributed by atoms with Gasteiger partial charge in [-0.2, -0.15) is 0 Å². The number of piperidine rings is 1. The van der Waals surface area contributed by atoms with E-state index in [0.29, 0.717) is 22.0 Å². The van der Waals surface area contributed by atoms with Gasteiger partial charge in [0.1, 0.15) is 11.6 Å². The lowest BCUT2D eigenvalue weighted by atomic mass is 9.96. The zero-order valence-electron chi connectivity index (χ0n) is 16.8. The molecule has 2 heterocycles. The van der Waals surface area contributed by atoms with Crippen LogP contribution in [-0.2, 0) is 4.79 Å². The smallest absolute Gasteiger partial charge is 0.247 e. The van der Waals surface area contributed by atoms with Crippen molar-refractivity contribution in [1.82, 2.24) is 4.90 Å². The lowest BCUT2D eigenvalue weighted by Gasteiger charge is -2.39. The number of carbonyl (C=O) groups excluding carboxylic acids is 1. The summed E-state index contributed by atoms with van der Waals surface area (Å²) in [4.78, 5) is 14.9. The lowest BCUT2D eigenvalue weighted by Crippen LogP contribution is -2.49. The molecule has 2 fully saturated rings. The van der Waals surface area contributed by atoms with E-state index in [1.165, 1.54) is 19.2 Å². The first-order valence-electron chi connectivity index (χ1n) is 10.1. The zero-order valence-corrected chi connectivity index (χ0v) is 17.5. The van der Waals surface area contributed by atoms with Crippen molar-refractivity contribution in [1.29, 1.82) is 0 Å². The van der Waals surface area contributed by atoms with Crippen LogP contribution in [0.25, 0.3) is 6.08 Å². The summed E-state index contributed by atoms with van der Waals surface area (Å²) in [5, 5.41) is 3.92. The molecule has 2 bridgehead atoms. The molecule has 0 saturated carbocycles. The molecule has 7 heteroatoms. The van der Waals surface area contributed by atoms with Gasteiger partial charge >= 0.3 is 0 Å². The van der Waals surface area contributed by atoms with Crippen LogP contribution in [0.15, 0.2) is 42.5 Å². The van der Waals surface area contributed by atoms with E-state index < -0.39 is 0 Å². The molecule has 3 atom stereocenters. The standard InChI is InChI=1S/C23H25ClFN3O2/c1-30-22-10-14(21(26)13-20(22)24)2-9-23(29)28-18-7-8-19(28)12-17(11-18)27-16-5-3-15(25)4-6-16/h2-6,9-10,13,17-19,27H,7-8,11-12,26H2,1H3/t17?,18-,19+. The number of ether oxygens (including phenoxy) is 1. The molecule has 1 unspecified atom stereocenters. The predicted molar refractivity (Wildman–Crippen MR) is 118 cm³/mol. The molecule has 0 aromatic heterocycles. The van der Waals surface area contributed by atoms with Crippen molar-refractivity contribution in [2.75, 3.05) is 18.2 Å². The molecule has 0 radical (unpaired) electrons. The third kappa shape index (κ3) is 4.24. The van der Waals surface area contributed by atoms with Gasteiger partial charge in [-0.1, -0.05) is 11.6 Å². The van der Waals surface area contributed by atoms with E-state index in [0.717, 1.165) is 31.4 Å². The number of carbonyl (C=O) groups is 1. The molecule has 0 spiro atoms. The topological polar surface area (TPSA) is 67.6 Å². The number of methoxy groups -OCH3 is 1. The molecule has 4 rings (SSSR count). The summed E-state index contributed by atoms with van der Waals surface area (Å²) in [6.45, 7) is 0. The summed E-state index contributed by atoms with van der Waals surface area (Å²) in [6.07, 6.45) is 7.07. The van der Waals surface area contributed by atoms with Gasteiger partial charge in [0.25, 0.3) is 0 Å². The average Bonchev–Trinajstić information content (AvgIpc) is 2.99. The van der Waals surface area contributed by atoms with Crippen LogP contribution in [0.2, 0.25) is 5.02 Å². The predicted octanol–water partition coefficient (Wildman–Crippen LogP) is 4.72. The summed E-state index contributed by atoms with van der Waals surface area (Å²) in [6, 6.07) is 10.5. The van der Waals surface area contributed by atoms with Crippen LogP contribution in [-0.4, -0.2) is 36.0 Å². The molecule has 2 aromatic rings. The van der Waals surface area contributed by atoms with Crippen molar-refractivity contribution >= 4 is 35.0 Å². The Hall–Kier alpha value is -2.73. The second-order valence-electron chi connectivity index (χ2n) is 7.90. The van der Waals surface area contributed by atoms with Crippen LogP contribution in [0.5, 0.6) is 5.75 Å². The Morgan fingerprint density at radius 2 is 1.90 bits per heavy atom. The first-order chi connectivity index (χ1) is 14.4. The van der Waals surface area contributed by atoms with Gasteiger partial charge in [0, 0.05) is 41.1 Å². The number of anilines is 2. The second-order valence-corrected chi connectivity index (χ2v) is 8.31. The van der Waals surface area contributed by atoms with Crippen LogP contribution in [0, 0.1) is 5.82 Å². The Kier molecular flexibility index (Phi) is 5.86. The highest BCUT2D eigenvalue weighted by Gasteiger charge is 2.42. The highest BCUT2D eigenvalue weighted by atomic mass is 35.5. The van der Waals surface area contributed by atoms with Crippen molar-refractivity contribution in [2.45, 2.75) is 43.8 Å². The molecule has 158 valence electrons. The number of hydrogen-bond donors (Lipinski definition) is 2. The van der Waals surface area contributed by atoms with Crippen LogP contribution in [0.1, 0.15) is 31.2 Å². The average molecular weight is 430 g/mol. The maximum Gasteiger partial charge on any atom is 0.247 e. The third-order valence-corrected chi connectivity index (χ3v) is 6.26. The molecule has 2 aromatic carbocycles. The monoisotopic (exact) mass is 429 g/mol. The molecule has 0 aliphatic carbocycles. The van der Waals surface area contributed by atoms with E-state index in [-0.39, 0.29) is 29.8 Å². The van der Waals surface area contributed by atoms with Crippen molar-refractivity contribution in [3.8, 4) is 5.75 Å². The number of nitrogens with one attached hydrogen (secondary N) is 1. The Morgan fingerprint density at radius 3 is 2.53 bits per heavy atom. The number of fused-ring (bicyclic) bond motifs is 2. The van der Waals surface area contributed by atoms with Crippen LogP contribution < -0.4 is 15.8 Å². The highest BCUT2D eigenvalue weighted by Crippen LogP contribution is 2.37. The fraction of sp³-hybridized carbons (Fsp3) is 0.348. The summed E-state index contributed by atoms with van der Waals surface area (Å²) >= 11 is 6.08. The number of hydrogen-bond acceptors (Lipinski definition) is 4. The fourth-order valence-corrected chi connectivity index (χ4v) is 4.82. The normalized spacial score (nSPS) is 23.0. The SMILES string of the molecule is COc1cc(C=CC(=O)N2[C@@H]3CC[C@H]2CC(Nc2ccc(F)cc2)C3)c(N)cc1Cl. The minimum Gasteiger partial charge on any atom is -0.495 e. The van der Waals surface area contributed by atoms with Gasteiger partial charge < -0.3 is 20.7 Å². The Labute approximate surface area is 180 Å². The molecular weight excluding hydrogens is 405 g/mol. The molecule has 2 aliphatic heterocycles. The molecule has 1 amide bonds. The number of rotatable bonds is 5. The van der Waals surface area contributed by atoms with Gasteiger partial charge in [0.15, 0.2) is 0 Å². The van der Waals surface area contributed by atoms with Gasteiger partial charge in [-0.15, -0.1) is 0 Å². The van der Waals surface area contributed by atoms with Crippen LogP contribution >= 0.6 is 11.6 Å². The van der Waals surface area contributed by atoms with Crippen molar-refractivity contribution in [3.63, 3.8) is 0 Å². The number of nitrogens with two attached hydrogens (primary N) is 1. The minimum atomic E-state index is -0.244. The van der Waals surface area contributed by atoms with E-state index in [1.807, 2.05) is 4.90 Å². The van der Waals surface area contributed by atoms with Crippen LogP contribution in [0.4, 0.5) is 15.8 Å². The maximum absolute atomic E-state index is 13.1. The zero-order chi connectivity index (χ0) is 21.3. The maximum atomic E-state index is 13.1. The molecule has 3 N–H and O–H groups in total. The highest BCUT2D eigenvalue weighted by molar-refractivity contribution is 6.32. The minimum absolute atomic E-state index is 0.00366. The summed E-state index contributed by atoms with van der Waals surface area (Å²) in [7, 11) is 1.54. The summed E-state index contributed by atoms with van der Waals surface area (Å²) in [5.74, 6) is 0.272. The van der Waals surface area contributed by atoms with Gasteiger partial charge in [0.05, 0.1) is 12.1 Å². The van der Waals surface area contributed by atoms with Gasteiger partial charge in [-0.3, -0.25) is 4.79 Å². The van der Waals surface area contributed by atoms with Gasteiger partial charge in [0.2, 0.25) is 5.91 Å². The van der Waals surface area contributed by atoms with E-state index >= 15 is 0 Å². The Morgan fingerprint density at radius 1 is 1.23 bits per heavy atom. The number of nitrogens with zero attached hydrogens (tertiary/aromatic N) is 1. The molecule has 2 saturated heterocycles. The van der Waals surface area contributed by atoms with Crippen molar-refractivity contribution in [2.24, 2.45) is 0 Å². The Bertz CT molecular complexity index is 950. The number of benzene rings is 2. The second kappa shape index (κ2) is 8.56. The van der Waals surface area contributed by atoms with Crippen molar-refractivity contribution < 1.29 is 13.9 Å². The molecule has 30 heavy (non-hydrogen) atoms. The Balaban J connectivity index is 1.42. The quantitative estimate of drug-likeness (QED) is 0.533. The van der Waals surface area contributed by atoms with Crippen LogP contribution in [0.3, 0.4) is 0 Å². The largest absolute Gasteiger partial charge is 0.495 e. The molecule has 2 aliphatic rings. The van der Waals surface area contributed by atoms with Gasteiger partial charge in [-0.05, 0) is 68.2 Å². The third-order valence-electron chi connectivity index (χ3n) is 5.97. The lowest BCUT2D eigenvalue weighted by molar-refractivity contribution is -0.130. The molecule has 5 nitrogen and oxygen atoms in total. The van der Waals surface area contributed by atoms with E-state index in [1.54, 1.807) is 36.4 Å². The van der Waals surface area contributed by atoms with Gasteiger partial charge in [-0.25, -0.2) is 4.39 Å². The number of amides is 1. The first kappa shape index (κ1) is 20.5. The van der Waals surface area contributed by atoms with E-state index in [4.69, 9.17) is 22.1 Å². The number of nitrogen functional groups attached to an aromatic ring is 1. The number of halogens is 2. The summed E-state index contributed by atoms with van der Waals surface area (Å²) in [5.41, 5.74) is 8.13. The summed E-state index contributed by atoms with van der Waals surface area (Å²) < 4.78 is 18.4. The fourth-order valence-electron chi connectivity index (χ4n) is 4.57. The van der Waals surface area contributed by atoms with E-state index in [9.17, 15) is 9.18 Å². The van der Waals surface area contributed by atoms with Crippen molar-refractivity contribution in [3.05, 3.63) is 58.9 Å². The van der Waals surface area contributed by atoms with E-state index in [2.05, 4.69) is 5.32 Å².